The van der Waals surface area contributed by atoms with Gasteiger partial charge < -0.3 is 0 Å². The average molecular weight is 234 g/mol. The number of rotatable bonds is 0. The summed E-state index contributed by atoms with van der Waals surface area (Å²) in [5.74, 6) is 0. The molecule has 96 valence electrons. The molecule has 0 unspecified atom stereocenters. The van der Waals surface area contributed by atoms with E-state index < -0.39 is 0 Å². The summed E-state index contributed by atoms with van der Waals surface area (Å²) in [5.41, 5.74) is 1.25. The van der Waals surface area contributed by atoms with Crippen LogP contribution < -0.4 is 0 Å². The molecule has 0 N–H and O–H groups in total. The topological polar surface area (TPSA) is 25.8 Å². The first-order valence-corrected chi connectivity index (χ1v) is 6.54. The Kier molecular flexibility index (Phi) is 13.3. The maximum atomic E-state index is 3.82. The molecule has 0 amide bonds. The number of aryl methyl sites for hydroxylation is 1. The first kappa shape index (κ1) is 17.9. The predicted molar refractivity (Wildman–Crippen MR) is 78.3 cm³/mol. The minimum absolute atomic E-state index is 1.15. The molecule has 0 atom stereocenters. The Morgan fingerprint density at radius 1 is 0.765 bits per heavy atom. The van der Waals surface area contributed by atoms with Crippen LogP contribution in [0.2, 0.25) is 0 Å². The number of hydrogen-bond donors (Lipinski definition) is 0. The number of fused-ring (bicyclic) bond motifs is 1. The zero-order valence-electron chi connectivity index (χ0n) is 12.3. The molecule has 0 radical (unpaired) electrons. The molecular formula is C15H26N2. The number of benzene rings is 1. The van der Waals surface area contributed by atoms with Crippen molar-refractivity contribution in [3.05, 3.63) is 36.2 Å². The number of aromatic nitrogens is 2. The highest BCUT2D eigenvalue weighted by Crippen LogP contribution is 2.14. The fourth-order valence-electron chi connectivity index (χ4n) is 1.18. The molecule has 0 saturated heterocycles. The van der Waals surface area contributed by atoms with E-state index in [1.807, 2.05) is 53.7 Å². The molecular weight excluding hydrogens is 208 g/mol. The SMILES string of the molecule is CC.CC.CC.Cc1cccc2cnncc12. The van der Waals surface area contributed by atoms with E-state index in [0.717, 1.165) is 5.39 Å². The lowest BCUT2D eigenvalue weighted by atomic mass is 10.1. The van der Waals surface area contributed by atoms with Crippen molar-refractivity contribution in [3.63, 3.8) is 0 Å². The van der Waals surface area contributed by atoms with Crippen molar-refractivity contribution >= 4 is 10.8 Å². The smallest absolute Gasteiger partial charge is 0.0577 e. The molecule has 0 bridgehead atoms. The van der Waals surface area contributed by atoms with Gasteiger partial charge in [-0.15, -0.1) is 0 Å². The highest BCUT2D eigenvalue weighted by molar-refractivity contribution is 5.83. The maximum Gasteiger partial charge on any atom is 0.0577 e. The fraction of sp³-hybridized carbons (Fsp3) is 0.467. The minimum atomic E-state index is 1.15. The summed E-state index contributed by atoms with van der Waals surface area (Å²) in [6.45, 7) is 14.1. The van der Waals surface area contributed by atoms with E-state index in [4.69, 9.17) is 0 Å². The normalized spacial score (nSPS) is 7.71. The summed E-state index contributed by atoms with van der Waals surface area (Å²) >= 11 is 0. The van der Waals surface area contributed by atoms with Crippen LogP contribution in [0.4, 0.5) is 0 Å². The summed E-state index contributed by atoms with van der Waals surface area (Å²) in [6.07, 6.45) is 3.58. The Bertz CT molecular complexity index is 378. The highest BCUT2D eigenvalue weighted by Gasteiger charge is 1.93. The molecule has 17 heavy (non-hydrogen) atoms. The van der Waals surface area contributed by atoms with Crippen LogP contribution in [-0.4, -0.2) is 10.2 Å². The van der Waals surface area contributed by atoms with Gasteiger partial charge in [0, 0.05) is 10.8 Å². The van der Waals surface area contributed by atoms with Crippen LogP contribution in [-0.2, 0) is 0 Å². The molecule has 0 aliphatic heterocycles. The zero-order chi connectivity index (χ0) is 13.7. The van der Waals surface area contributed by atoms with Gasteiger partial charge in [-0.2, -0.15) is 10.2 Å². The lowest BCUT2D eigenvalue weighted by molar-refractivity contribution is 1.05. The Hall–Kier alpha value is -1.44. The van der Waals surface area contributed by atoms with Gasteiger partial charge in [0.2, 0.25) is 0 Å². The molecule has 1 aromatic carbocycles. The highest BCUT2D eigenvalue weighted by atomic mass is 15.1. The van der Waals surface area contributed by atoms with E-state index in [2.05, 4.69) is 23.2 Å². The van der Waals surface area contributed by atoms with E-state index in [9.17, 15) is 0 Å². The first-order valence-electron chi connectivity index (χ1n) is 6.54. The average Bonchev–Trinajstić information content (AvgIpc) is 2.46. The fourth-order valence-corrected chi connectivity index (χ4v) is 1.18. The van der Waals surface area contributed by atoms with E-state index in [-0.39, 0.29) is 0 Å². The standard InChI is InChI=1S/C9H8N2.3C2H6/c1-7-3-2-4-8-5-10-11-6-9(7)8;3*1-2/h2-6H,1H3;3*1-2H3. The molecule has 2 nitrogen and oxygen atoms in total. The van der Waals surface area contributed by atoms with Gasteiger partial charge in [-0.05, 0) is 12.5 Å². The van der Waals surface area contributed by atoms with E-state index in [1.54, 1.807) is 12.4 Å². The van der Waals surface area contributed by atoms with E-state index in [0.29, 0.717) is 0 Å². The third kappa shape index (κ3) is 6.00. The Labute approximate surface area is 106 Å². The quantitative estimate of drug-likeness (QED) is 0.640. The van der Waals surface area contributed by atoms with Crippen LogP contribution in [0.5, 0.6) is 0 Å². The molecule has 0 fully saturated rings. The van der Waals surface area contributed by atoms with Gasteiger partial charge in [0.05, 0.1) is 12.4 Å². The van der Waals surface area contributed by atoms with Crippen LogP contribution in [0, 0.1) is 6.92 Å². The van der Waals surface area contributed by atoms with Crippen molar-refractivity contribution in [1.82, 2.24) is 10.2 Å². The van der Waals surface area contributed by atoms with Crippen molar-refractivity contribution in [2.45, 2.75) is 48.5 Å². The van der Waals surface area contributed by atoms with E-state index >= 15 is 0 Å². The van der Waals surface area contributed by atoms with Crippen LogP contribution in [0.25, 0.3) is 10.8 Å². The van der Waals surface area contributed by atoms with Crippen LogP contribution in [0.15, 0.2) is 30.6 Å². The molecule has 2 aromatic rings. The lowest BCUT2D eigenvalue weighted by Crippen LogP contribution is -1.82. The Balaban J connectivity index is 0. The van der Waals surface area contributed by atoms with Gasteiger partial charge in [0.15, 0.2) is 0 Å². The van der Waals surface area contributed by atoms with Gasteiger partial charge in [-0.25, -0.2) is 0 Å². The van der Waals surface area contributed by atoms with Gasteiger partial charge in [0.25, 0.3) is 0 Å². The van der Waals surface area contributed by atoms with Crippen molar-refractivity contribution in [1.29, 1.82) is 0 Å². The molecule has 0 aliphatic rings. The number of hydrogen-bond acceptors (Lipinski definition) is 2. The second kappa shape index (κ2) is 12.6. The number of nitrogens with zero attached hydrogens (tertiary/aromatic N) is 2. The van der Waals surface area contributed by atoms with Crippen molar-refractivity contribution < 1.29 is 0 Å². The van der Waals surface area contributed by atoms with Gasteiger partial charge >= 0.3 is 0 Å². The van der Waals surface area contributed by atoms with Crippen molar-refractivity contribution in [2.24, 2.45) is 0 Å². The van der Waals surface area contributed by atoms with E-state index in [1.165, 1.54) is 10.9 Å². The molecule has 0 spiro atoms. The third-order valence-corrected chi connectivity index (χ3v) is 1.81. The molecule has 0 saturated carbocycles. The minimum Gasteiger partial charge on any atom is -0.158 e. The summed E-state index contributed by atoms with van der Waals surface area (Å²) < 4.78 is 0. The molecule has 2 heteroatoms. The van der Waals surface area contributed by atoms with Crippen molar-refractivity contribution in [3.8, 4) is 0 Å². The Morgan fingerprint density at radius 2 is 1.29 bits per heavy atom. The Morgan fingerprint density at radius 3 is 1.82 bits per heavy atom. The lowest BCUT2D eigenvalue weighted by Gasteiger charge is -1.97. The monoisotopic (exact) mass is 234 g/mol. The molecule has 2 rings (SSSR count). The molecule has 1 aromatic heterocycles. The summed E-state index contributed by atoms with van der Waals surface area (Å²) in [7, 11) is 0. The summed E-state index contributed by atoms with van der Waals surface area (Å²) in [5, 5.41) is 9.96. The third-order valence-electron chi connectivity index (χ3n) is 1.81. The van der Waals surface area contributed by atoms with Crippen LogP contribution in [0.1, 0.15) is 47.1 Å². The summed E-state index contributed by atoms with van der Waals surface area (Å²) in [4.78, 5) is 0. The van der Waals surface area contributed by atoms with Gasteiger partial charge in [0.1, 0.15) is 0 Å². The second-order valence-corrected chi connectivity index (χ2v) is 2.57. The zero-order valence-corrected chi connectivity index (χ0v) is 12.3. The first-order chi connectivity index (χ1) is 8.38. The molecule has 0 aliphatic carbocycles. The summed E-state index contributed by atoms with van der Waals surface area (Å²) in [6, 6.07) is 6.14. The predicted octanol–water partition coefficient (Wildman–Crippen LogP) is 5.02. The molecule has 1 heterocycles. The van der Waals surface area contributed by atoms with Crippen LogP contribution >= 0.6 is 0 Å². The van der Waals surface area contributed by atoms with Gasteiger partial charge in [-0.3, -0.25) is 0 Å². The maximum absolute atomic E-state index is 3.82. The second-order valence-electron chi connectivity index (χ2n) is 2.57. The van der Waals surface area contributed by atoms with Crippen LogP contribution in [0.3, 0.4) is 0 Å². The van der Waals surface area contributed by atoms with Crippen molar-refractivity contribution in [2.75, 3.05) is 0 Å². The largest absolute Gasteiger partial charge is 0.158 e. The van der Waals surface area contributed by atoms with Gasteiger partial charge in [-0.1, -0.05) is 59.7 Å².